The summed E-state index contributed by atoms with van der Waals surface area (Å²) < 4.78 is 1.43. The largest absolute Gasteiger partial charge is 0.380 e. The number of aryl methyl sites for hydroxylation is 1. The van der Waals surface area contributed by atoms with Gasteiger partial charge >= 0.3 is 13.2 Å². The number of nitriles is 1. The zero-order valence-electron chi connectivity index (χ0n) is 6.39. The minimum atomic E-state index is -0.582. The quantitative estimate of drug-likeness (QED) is 0.343. The van der Waals surface area contributed by atoms with Crippen molar-refractivity contribution in [3.63, 3.8) is 0 Å². The van der Waals surface area contributed by atoms with Crippen molar-refractivity contribution < 1.29 is 4.92 Å². The molecule has 1 aromatic heterocycles. The molecule has 0 aliphatic heterocycles. The van der Waals surface area contributed by atoms with Gasteiger partial charge in [0.2, 0.25) is 5.82 Å². The molecule has 0 saturated heterocycles. The van der Waals surface area contributed by atoms with E-state index in [1.54, 1.807) is 6.92 Å². The molecule has 1 rings (SSSR count). The molecule has 0 unspecified atom stereocenters. The number of nitro groups is 1. The lowest BCUT2D eigenvalue weighted by Crippen LogP contribution is -2.03. The summed E-state index contributed by atoms with van der Waals surface area (Å²) in [4.78, 5) is 13.3. The van der Waals surface area contributed by atoms with Crippen LogP contribution in [0.2, 0.25) is 0 Å². The SMILES string of the molecule is Cc1nc([N+](=O)[O-])cn1BC#N. The van der Waals surface area contributed by atoms with Crippen LogP contribution in [0.5, 0.6) is 0 Å². The molecule has 0 fully saturated rings. The monoisotopic (exact) mass is 164 g/mol. The summed E-state index contributed by atoms with van der Waals surface area (Å²) in [7, 11) is 0.0900. The van der Waals surface area contributed by atoms with Crippen LogP contribution >= 0.6 is 0 Å². The minimum Gasteiger partial charge on any atom is -0.358 e. The standard InChI is InChI=1S/C5H5BN4O2/c1-4-8-5(10(11)12)2-9(4)6-3-7/h2,6H,1H3. The number of imidazole rings is 1. The second-order valence-electron chi connectivity index (χ2n) is 2.19. The van der Waals surface area contributed by atoms with Crippen molar-refractivity contribution in [2.75, 3.05) is 0 Å². The van der Waals surface area contributed by atoms with Gasteiger partial charge in [-0.3, -0.25) is 0 Å². The molecule has 0 spiro atoms. The smallest absolute Gasteiger partial charge is 0.358 e. The molecule has 0 atom stereocenters. The maximum absolute atomic E-state index is 10.2. The van der Waals surface area contributed by atoms with Crippen molar-refractivity contribution in [3.8, 4) is 5.97 Å². The average molecular weight is 164 g/mol. The molecule has 60 valence electrons. The van der Waals surface area contributed by atoms with Crippen LogP contribution < -0.4 is 0 Å². The Balaban J connectivity index is 3.02. The first-order valence-corrected chi connectivity index (χ1v) is 3.20. The molecule has 0 aliphatic carbocycles. The summed E-state index contributed by atoms with van der Waals surface area (Å²) in [6.45, 7) is 1.62. The van der Waals surface area contributed by atoms with Gasteiger partial charge < -0.3 is 14.6 Å². The highest BCUT2D eigenvalue weighted by Gasteiger charge is 2.14. The second kappa shape index (κ2) is 3.05. The first-order valence-electron chi connectivity index (χ1n) is 3.20. The highest BCUT2D eigenvalue weighted by atomic mass is 16.6. The van der Waals surface area contributed by atoms with E-state index in [4.69, 9.17) is 5.26 Å². The average Bonchev–Trinajstić information content (AvgIpc) is 2.34. The Morgan fingerprint density at radius 1 is 1.92 bits per heavy atom. The van der Waals surface area contributed by atoms with Crippen LogP contribution in [0.15, 0.2) is 6.20 Å². The summed E-state index contributed by atoms with van der Waals surface area (Å²) in [6.07, 6.45) is 1.25. The van der Waals surface area contributed by atoms with E-state index in [-0.39, 0.29) is 13.2 Å². The van der Waals surface area contributed by atoms with Gasteiger partial charge in [0.1, 0.15) is 0 Å². The van der Waals surface area contributed by atoms with Crippen LogP contribution in [-0.4, -0.2) is 21.8 Å². The van der Waals surface area contributed by atoms with E-state index in [0.29, 0.717) is 5.82 Å². The molecule has 1 heterocycles. The highest BCUT2D eigenvalue weighted by Crippen LogP contribution is 2.08. The van der Waals surface area contributed by atoms with Crippen molar-refractivity contribution in [2.24, 2.45) is 0 Å². The molecule has 12 heavy (non-hydrogen) atoms. The van der Waals surface area contributed by atoms with Crippen LogP contribution in [0.4, 0.5) is 5.82 Å². The number of hydrogen-bond acceptors (Lipinski definition) is 4. The molecule has 0 aliphatic rings. The Morgan fingerprint density at radius 3 is 3.00 bits per heavy atom. The van der Waals surface area contributed by atoms with Gasteiger partial charge in [-0.15, -0.1) is 0 Å². The Hall–Kier alpha value is -1.84. The molecule has 7 heteroatoms. The third-order valence-corrected chi connectivity index (χ3v) is 1.39. The van der Waals surface area contributed by atoms with Gasteiger partial charge in [0.25, 0.3) is 0 Å². The Bertz CT molecular complexity index is 353. The molecular formula is C5H5BN4O2. The summed E-state index contributed by atoms with van der Waals surface area (Å²) in [5.41, 5.74) is 0. The highest BCUT2D eigenvalue weighted by molar-refractivity contribution is 6.43. The van der Waals surface area contributed by atoms with Crippen LogP contribution in [0, 0.1) is 28.3 Å². The number of hydrogen-bond donors (Lipinski definition) is 0. The number of nitrogens with zero attached hydrogens (tertiary/aromatic N) is 4. The number of aromatic nitrogens is 2. The van der Waals surface area contributed by atoms with E-state index in [9.17, 15) is 10.1 Å². The predicted octanol–water partition coefficient (Wildman–Crippen LogP) is -0.220. The topological polar surface area (TPSA) is 84.8 Å². The van der Waals surface area contributed by atoms with Crippen molar-refractivity contribution in [1.29, 1.82) is 5.26 Å². The first-order chi connectivity index (χ1) is 5.65. The third kappa shape index (κ3) is 1.42. The Labute approximate surface area is 68.9 Å². The normalized spacial score (nSPS) is 9.00. The third-order valence-electron chi connectivity index (χ3n) is 1.39. The van der Waals surface area contributed by atoms with Crippen molar-refractivity contribution >= 4 is 13.2 Å². The van der Waals surface area contributed by atoms with Gasteiger partial charge in [-0.2, -0.15) is 0 Å². The van der Waals surface area contributed by atoms with E-state index in [0.717, 1.165) is 0 Å². The summed E-state index contributed by atoms with van der Waals surface area (Å²) >= 11 is 0. The van der Waals surface area contributed by atoms with Crippen LogP contribution in [0.3, 0.4) is 0 Å². The molecule has 1 aromatic rings. The first kappa shape index (κ1) is 8.26. The predicted molar refractivity (Wildman–Crippen MR) is 41.8 cm³/mol. The van der Waals surface area contributed by atoms with E-state index >= 15 is 0 Å². The van der Waals surface area contributed by atoms with Crippen LogP contribution in [-0.2, 0) is 0 Å². The fourth-order valence-electron chi connectivity index (χ4n) is 0.816. The lowest BCUT2D eigenvalue weighted by molar-refractivity contribution is -0.389. The van der Waals surface area contributed by atoms with Gasteiger partial charge in [0.05, 0.1) is 6.20 Å². The van der Waals surface area contributed by atoms with E-state index < -0.39 is 4.92 Å². The lowest BCUT2D eigenvalue weighted by atomic mass is 9.98. The van der Waals surface area contributed by atoms with Crippen molar-refractivity contribution in [2.45, 2.75) is 6.92 Å². The molecule has 0 radical (unpaired) electrons. The van der Waals surface area contributed by atoms with Crippen LogP contribution in [0.25, 0.3) is 0 Å². The maximum atomic E-state index is 10.2. The van der Waals surface area contributed by atoms with Crippen molar-refractivity contribution in [3.05, 3.63) is 22.1 Å². The van der Waals surface area contributed by atoms with E-state index in [1.165, 1.54) is 10.7 Å². The van der Waals surface area contributed by atoms with Gasteiger partial charge in [0.15, 0.2) is 0 Å². The van der Waals surface area contributed by atoms with Gasteiger partial charge in [-0.25, -0.2) is 5.26 Å². The zero-order valence-corrected chi connectivity index (χ0v) is 6.39. The fourth-order valence-corrected chi connectivity index (χ4v) is 0.816. The van der Waals surface area contributed by atoms with Crippen molar-refractivity contribution in [1.82, 2.24) is 9.46 Å². The van der Waals surface area contributed by atoms with Crippen LogP contribution in [0.1, 0.15) is 5.82 Å². The second-order valence-corrected chi connectivity index (χ2v) is 2.19. The minimum absolute atomic E-state index is 0.0900. The fraction of sp³-hybridized carbons (Fsp3) is 0.200. The molecule has 0 saturated carbocycles. The summed E-state index contributed by atoms with van der Waals surface area (Å²) in [6, 6.07) is 0. The Kier molecular flexibility index (Phi) is 2.10. The summed E-state index contributed by atoms with van der Waals surface area (Å²) in [5.74, 6) is 2.13. The number of rotatable bonds is 2. The molecule has 0 bridgehead atoms. The maximum Gasteiger partial charge on any atom is 0.380 e. The molecular weight excluding hydrogens is 159 g/mol. The van der Waals surface area contributed by atoms with Gasteiger partial charge in [0, 0.05) is 12.9 Å². The van der Waals surface area contributed by atoms with E-state index in [2.05, 4.69) is 4.98 Å². The molecule has 0 aromatic carbocycles. The molecule has 0 amide bonds. The Morgan fingerprint density at radius 2 is 2.58 bits per heavy atom. The molecule has 6 nitrogen and oxygen atoms in total. The lowest BCUT2D eigenvalue weighted by Gasteiger charge is -1.87. The molecule has 0 N–H and O–H groups in total. The van der Waals surface area contributed by atoms with Gasteiger partial charge in [-0.05, 0) is 9.91 Å². The zero-order chi connectivity index (χ0) is 9.14. The van der Waals surface area contributed by atoms with Gasteiger partial charge in [-0.1, -0.05) is 0 Å². The summed E-state index contributed by atoms with van der Waals surface area (Å²) in [5, 5.41) is 18.5. The van der Waals surface area contributed by atoms with E-state index in [1.807, 2.05) is 5.97 Å².